The molecule has 0 saturated carbocycles. The minimum Gasteiger partial charge on any atom is -0.351 e. The van der Waals surface area contributed by atoms with Crippen LogP contribution in [0.15, 0.2) is 18.6 Å². The van der Waals surface area contributed by atoms with Crippen LogP contribution < -0.4 is 10.2 Å². The summed E-state index contributed by atoms with van der Waals surface area (Å²) in [5.41, 5.74) is 0. The highest BCUT2D eigenvalue weighted by Crippen LogP contribution is 2.24. The van der Waals surface area contributed by atoms with E-state index in [1.165, 1.54) is 19.3 Å². The number of likely N-dealkylation sites (N-methyl/N-ethyl adjacent to an activating group) is 1. The summed E-state index contributed by atoms with van der Waals surface area (Å²) in [7, 11) is 0. The van der Waals surface area contributed by atoms with Gasteiger partial charge in [0.25, 0.3) is 0 Å². The van der Waals surface area contributed by atoms with Gasteiger partial charge in [-0.25, -0.2) is 4.98 Å². The molecule has 2 rings (SSSR count). The Morgan fingerprint density at radius 1 is 1.47 bits per heavy atom. The molecule has 4 nitrogen and oxygen atoms in total. The number of aromatic nitrogens is 2. The van der Waals surface area contributed by atoms with E-state index >= 15 is 0 Å². The van der Waals surface area contributed by atoms with E-state index in [9.17, 15) is 0 Å². The highest BCUT2D eigenvalue weighted by Gasteiger charge is 2.27. The lowest BCUT2D eigenvalue weighted by molar-refractivity contribution is 0.370. The minimum absolute atomic E-state index is 0.502. The van der Waals surface area contributed by atoms with E-state index in [1.54, 1.807) is 12.4 Å². The molecular weight excluding hydrogens is 212 g/mol. The van der Waals surface area contributed by atoms with Crippen molar-refractivity contribution in [1.29, 1.82) is 0 Å². The Morgan fingerprint density at radius 2 is 2.35 bits per heavy atom. The van der Waals surface area contributed by atoms with Gasteiger partial charge in [0.15, 0.2) is 0 Å². The van der Waals surface area contributed by atoms with Crippen LogP contribution in [0.1, 0.15) is 33.1 Å². The van der Waals surface area contributed by atoms with Gasteiger partial charge in [0.05, 0.1) is 6.20 Å². The molecule has 0 radical (unpaired) electrons. The smallest absolute Gasteiger partial charge is 0.147 e. The average Bonchev–Trinajstić information content (AvgIpc) is 2.40. The topological polar surface area (TPSA) is 41.0 Å². The van der Waals surface area contributed by atoms with Crippen LogP contribution in [0.25, 0.3) is 0 Å². The molecule has 2 unspecified atom stereocenters. The zero-order chi connectivity index (χ0) is 12.1. The minimum atomic E-state index is 0.502. The Balaban J connectivity index is 2.12. The van der Waals surface area contributed by atoms with Gasteiger partial charge in [-0.05, 0) is 32.7 Å². The van der Waals surface area contributed by atoms with Crippen molar-refractivity contribution in [2.24, 2.45) is 0 Å². The Morgan fingerprint density at radius 3 is 3.06 bits per heavy atom. The lowest BCUT2D eigenvalue weighted by Gasteiger charge is -2.40. The van der Waals surface area contributed by atoms with Gasteiger partial charge < -0.3 is 10.2 Å². The fourth-order valence-corrected chi connectivity index (χ4v) is 2.66. The number of hydrogen-bond donors (Lipinski definition) is 1. The lowest BCUT2D eigenvalue weighted by atomic mass is 9.96. The highest BCUT2D eigenvalue weighted by atomic mass is 15.2. The van der Waals surface area contributed by atoms with Gasteiger partial charge in [0, 0.05) is 31.0 Å². The van der Waals surface area contributed by atoms with E-state index < -0.39 is 0 Å². The van der Waals surface area contributed by atoms with Crippen molar-refractivity contribution in [3.8, 4) is 0 Å². The van der Waals surface area contributed by atoms with Crippen LogP contribution >= 0.6 is 0 Å². The molecule has 0 spiro atoms. The van der Waals surface area contributed by atoms with Crippen LogP contribution in [-0.2, 0) is 0 Å². The van der Waals surface area contributed by atoms with Gasteiger partial charge in [-0.3, -0.25) is 4.98 Å². The van der Waals surface area contributed by atoms with E-state index in [0.29, 0.717) is 12.1 Å². The first-order chi connectivity index (χ1) is 8.33. The quantitative estimate of drug-likeness (QED) is 0.863. The zero-order valence-electron chi connectivity index (χ0n) is 10.8. The Bertz CT molecular complexity index is 327. The summed E-state index contributed by atoms with van der Waals surface area (Å²) < 4.78 is 0. The number of piperidine rings is 1. The maximum absolute atomic E-state index is 4.43. The van der Waals surface area contributed by atoms with Crippen LogP contribution in [-0.4, -0.2) is 35.1 Å². The molecule has 0 amide bonds. The first-order valence-electron chi connectivity index (χ1n) is 6.59. The second-order valence-corrected chi connectivity index (χ2v) is 4.67. The van der Waals surface area contributed by atoms with Gasteiger partial charge >= 0.3 is 0 Å². The standard InChI is InChI=1S/C13H22N4/c1-3-15-11(2)12-6-4-5-9-17(12)13-10-14-7-8-16-13/h7-8,10-12,15H,3-6,9H2,1-2H3. The molecule has 4 heteroatoms. The van der Waals surface area contributed by atoms with E-state index in [-0.39, 0.29) is 0 Å². The van der Waals surface area contributed by atoms with Gasteiger partial charge in [0.1, 0.15) is 5.82 Å². The van der Waals surface area contributed by atoms with Crippen LogP contribution in [0.2, 0.25) is 0 Å². The molecule has 1 aliphatic heterocycles. The van der Waals surface area contributed by atoms with Gasteiger partial charge in [-0.1, -0.05) is 6.92 Å². The van der Waals surface area contributed by atoms with Crippen molar-refractivity contribution >= 4 is 5.82 Å². The molecule has 0 aliphatic carbocycles. The summed E-state index contributed by atoms with van der Waals surface area (Å²) in [6.07, 6.45) is 9.19. The van der Waals surface area contributed by atoms with E-state index in [2.05, 4.69) is 34.0 Å². The van der Waals surface area contributed by atoms with E-state index in [0.717, 1.165) is 18.9 Å². The Hall–Kier alpha value is -1.16. The summed E-state index contributed by atoms with van der Waals surface area (Å²) in [6.45, 7) is 6.54. The molecule has 17 heavy (non-hydrogen) atoms. The van der Waals surface area contributed by atoms with Crippen LogP contribution in [0.5, 0.6) is 0 Å². The second-order valence-electron chi connectivity index (χ2n) is 4.67. The number of hydrogen-bond acceptors (Lipinski definition) is 4. The molecular formula is C13H22N4. The van der Waals surface area contributed by atoms with Crippen LogP contribution in [0.4, 0.5) is 5.82 Å². The first kappa shape index (κ1) is 12.3. The molecule has 0 aromatic carbocycles. The number of rotatable bonds is 4. The average molecular weight is 234 g/mol. The molecule has 94 valence electrons. The Labute approximate surface area is 103 Å². The molecule has 1 aliphatic rings. The summed E-state index contributed by atoms with van der Waals surface area (Å²) in [6, 6.07) is 1.04. The third kappa shape index (κ3) is 2.94. The van der Waals surface area contributed by atoms with Crippen molar-refractivity contribution in [1.82, 2.24) is 15.3 Å². The molecule has 1 fully saturated rings. The molecule has 1 aromatic rings. The maximum Gasteiger partial charge on any atom is 0.147 e. The SMILES string of the molecule is CCNC(C)C1CCCCN1c1cnccn1. The number of nitrogens with zero attached hydrogens (tertiary/aromatic N) is 3. The number of nitrogens with one attached hydrogen (secondary N) is 1. The van der Waals surface area contributed by atoms with Crippen molar-refractivity contribution in [3.05, 3.63) is 18.6 Å². The largest absolute Gasteiger partial charge is 0.351 e. The fourth-order valence-electron chi connectivity index (χ4n) is 2.66. The molecule has 2 heterocycles. The fraction of sp³-hybridized carbons (Fsp3) is 0.692. The monoisotopic (exact) mass is 234 g/mol. The zero-order valence-corrected chi connectivity index (χ0v) is 10.8. The molecule has 1 saturated heterocycles. The van der Waals surface area contributed by atoms with Crippen molar-refractivity contribution in [2.45, 2.75) is 45.2 Å². The highest BCUT2D eigenvalue weighted by molar-refractivity contribution is 5.38. The van der Waals surface area contributed by atoms with E-state index in [4.69, 9.17) is 0 Å². The number of anilines is 1. The first-order valence-corrected chi connectivity index (χ1v) is 6.59. The van der Waals surface area contributed by atoms with Crippen molar-refractivity contribution in [2.75, 3.05) is 18.0 Å². The van der Waals surface area contributed by atoms with Crippen LogP contribution in [0.3, 0.4) is 0 Å². The molecule has 2 atom stereocenters. The van der Waals surface area contributed by atoms with E-state index in [1.807, 2.05) is 6.20 Å². The third-order valence-corrected chi connectivity index (χ3v) is 3.50. The molecule has 1 N–H and O–H groups in total. The van der Waals surface area contributed by atoms with Crippen molar-refractivity contribution < 1.29 is 0 Å². The Kier molecular flexibility index (Phi) is 4.31. The van der Waals surface area contributed by atoms with Gasteiger partial charge in [-0.15, -0.1) is 0 Å². The van der Waals surface area contributed by atoms with Gasteiger partial charge in [-0.2, -0.15) is 0 Å². The van der Waals surface area contributed by atoms with Crippen molar-refractivity contribution in [3.63, 3.8) is 0 Å². The lowest BCUT2D eigenvalue weighted by Crippen LogP contribution is -2.51. The predicted molar refractivity (Wildman–Crippen MR) is 70.2 cm³/mol. The summed E-state index contributed by atoms with van der Waals surface area (Å²) in [5.74, 6) is 1.02. The maximum atomic E-state index is 4.43. The second kappa shape index (κ2) is 5.96. The summed E-state index contributed by atoms with van der Waals surface area (Å²) in [4.78, 5) is 11.0. The molecule has 0 bridgehead atoms. The summed E-state index contributed by atoms with van der Waals surface area (Å²) >= 11 is 0. The third-order valence-electron chi connectivity index (χ3n) is 3.50. The summed E-state index contributed by atoms with van der Waals surface area (Å²) in [5, 5.41) is 3.53. The van der Waals surface area contributed by atoms with Gasteiger partial charge in [0.2, 0.25) is 0 Å². The molecule has 1 aromatic heterocycles. The normalized spacial score (nSPS) is 22.5. The van der Waals surface area contributed by atoms with Crippen LogP contribution in [0, 0.1) is 0 Å². The predicted octanol–water partition coefficient (Wildman–Crippen LogP) is 1.83.